The first-order valence-electron chi connectivity index (χ1n) is 12.1. The van der Waals surface area contributed by atoms with Gasteiger partial charge < -0.3 is 0 Å². The summed E-state index contributed by atoms with van der Waals surface area (Å²) in [6, 6.07) is 14.1. The maximum Gasteiger partial charge on any atom is 0.232 e. The molecule has 0 saturated heterocycles. The van der Waals surface area contributed by atoms with Gasteiger partial charge in [0.25, 0.3) is 0 Å². The van der Waals surface area contributed by atoms with E-state index < -0.39 is 0 Å². The van der Waals surface area contributed by atoms with E-state index in [2.05, 4.69) is 59.1 Å². The second kappa shape index (κ2) is 7.81. The number of nitrogens with one attached hydrogen (secondary N) is 2. The second-order valence-electron chi connectivity index (χ2n) is 10.5. The van der Waals surface area contributed by atoms with Crippen molar-refractivity contribution in [2.75, 3.05) is 0 Å². The number of benzene rings is 1. The van der Waals surface area contributed by atoms with Crippen molar-refractivity contribution in [1.29, 1.82) is 0 Å². The Labute approximate surface area is 215 Å². The molecule has 0 spiro atoms. The molecule has 4 aromatic heterocycles. The zero-order valence-corrected chi connectivity index (χ0v) is 21.3. The number of thiophene rings is 1. The lowest BCUT2D eigenvalue weighted by atomic mass is 9.92. The summed E-state index contributed by atoms with van der Waals surface area (Å²) in [5, 5.41) is 9.08. The molecular formula is C28H23N7OS. The van der Waals surface area contributed by atoms with E-state index >= 15 is 0 Å². The number of fused-ring (bicyclic) bond motifs is 9. The summed E-state index contributed by atoms with van der Waals surface area (Å²) in [5.74, 6) is 0.0221. The molecule has 8 bridgehead atoms. The van der Waals surface area contributed by atoms with Gasteiger partial charge in [-0.05, 0) is 35.7 Å². The molecule has 0 atom stereocenters. The molecule has 2 aliphatic rings. The molecule has 5 aromatic rings. The number of pyridine rings is 2. The fourth-order valence-corrected chi connectivity index (χ4v) is 5.87. The van der Waals surface area contributed by atoms with E-state index in [9.17, 15) is 4.79 Å². The highest BCUT2D eigenvalue weighted by atomic mass is 32.1. The highest BCUT2D eigenvalue weighted by Gasteiger charge is 2.20. The third kappa shape index (κ3) is 3.62. The molecule has 8 nitrogen and oxygen atoms in total. The maximum absolute atomic E-state index is 13.7. The molecule has 6 heterocycles. The van der Waals surface area contributed by atoms with Crippen LogP contribution in [-0.2, 0) is 0 Å². The van der Waals surface area contributed by atoms with E-state index in [0.717, 1.165) is 53.5 Å². The quantitative estimate of drug-likeness (QED) is 0.254. The van der Waals surface area contributed by atoms with E-state index in [0.29, 0.717) is 17.7 Å². The van der Waals surface area contributed by atoms with Gasteiger partial charge in [-0.2, -0.15) is 0 Å². The molecule has 1 aromatic carbocycles. The standard InChI is InChI=1S/C28H23N7OS/c1-28(2,3)11-22(36)35-17-9-15(12-29-14-17)16-10-19-25(33-34-26(19)30-13-16)27-31-20-6-4-5-18(24(20)32-27)21-7-8-23(35)37-21/h4-10,12-14,33H,11H2,1-3H3,(H,30,34). The third-order valence-electron chi connectivity index (χ3n) is 6.47. The summed E-state index contributed by atoms with van der Waals surface area (Å²) >= 11 is 1.56. The van der Waals surface area contributed by atoms with E-state index in [4.69, 9.17) is 9.97 Å². The van der Waals surface area contributed by atoms with Crippen molar-refractivity contribution in [2.45, 2.75) is 27.2 Å². The Kier molecular flexibility index (Phi) is 4.62. The number of carbonyl (C=O) groups excluding carboxylic acids is 1. The molecule has 0 unspecified atom stereocenters. The van der Waals surface area contributed by atoms with Crippen LogP contribution < -0.4 is 0 Å². The number of nitrogens with zero attached hydrogens (tertiary/aromatic N) is 5. The second-order valence-corrected chi connectivity index (χ2v) is 11.6. The SMILES string of the molecule is CC(C)(C)CC(=O)n1c2cncc(c2)c2cnc3[nH][nH]c(c4nc5cccc(c6ccc1s6)c5n4)-c3c2. The van der Waals surface area contributed by atoms with Crippen molar-refractivity contribution in [2.24, 2.45) is 5.41 Å². The Morgan fingerprint density at radius 3 is 2.73 bits per heavy atom. The molecule has 2 aliphatic heterocycles. The van der Waals surface area contributed by atoms with Crippen LogP contribution in [0.4, 0.5) is 0 Å². The van der Waals surface area contributed by atoms with Crippen LogP contribution in [0.3, 0.4) is 0 Å². The number of hydrogen-bond acceptors (Lipinski definition) is 6. The molecule has 37 heavy (non-hydrogen) atoms. The van der Waals surface area contributed by atoms with Crippen molar-refractivity contribution in [3.63, 3.8) is 0 Å². The fourth-order valence-electron chi connectivity index (χ4n) is 4.80. The smallest absolute Gasteiger partial charge is 0.232 e. The topological polar surface area (TPSA) is 105 Å². The van der Waals surface area contributed by atoms with Gasteiger partial charge in [-0.25, -0.2) is 15.0 Å². The van der Waals surface area contributed by atoms with Crippen molar-refractivity contribution in [1.82, 2.24) is 34.7 Å². The third-order valence-corrected chi connectivity index (χ3v) is 7.57. The van der Waals surface area contributed by atoms with Crippen LogP contribution in [0.15, 0.2) is 61.1 Å². The first-order chi connectivity index (χ1) is 17.8. The Bertz CT molecular complexity index is 2030. The summed E-state index contributed by atoms with van der Waals surface area (Å²) in [6.07, 6.45) is 5.75. The van der Waals surface area contributed by atoms with Gasteiger partial charge in [-0.3, -0.25) is 24.5 Å². The van der Waals surface area contributed by atoms with Gasteiger partial charge in [0.1, 0.15) is 10.5 Å². The number of carbonyl (C=O) groups is 1. The Balaban J connectivity index is 1.69. The number of para-hydroxylation sites is 1. The monoisotopic (exact) mass is 505 g/mol. The average Bonchev–Trinajstić information content (AvgIpc) is 3.60. The zero-order valence-electron chi connectivity index (χ0n) is 20.5. The first-order valence-corrected chi connectivity index (χ1v) is 12.9. The average molecular weight is 506 g/mol. The number of H-pyrrole nitrogens is 2. The summed E-state index contributed by atoms with van der Waals surface area (Å²) in [4.78, 5) is 33.5. The minimum Gasteiger partial charge on any atom is -0.295 e. The van der Waals surface area contributed by atoms with Crippen LogP contribution in [-0.4, -0.2) is 40.6 Å². The first kappa shape index (κ1) is 21.9. The normalized spacial score (nSPS) is 12.4. The van der Waals surface area contributed by atoms with Gasteiger partial charge in [0.2, 0.25) is 5.91 Å². The maximum atomic E-state index is 13.7. The minimum absolute atomic E-state index is 0.0221. The molecule has 182 valence electrons. The van der Waals surface area contributed by atoms with Gasteiger partial charge >= 0.3 is 0 Å². The van der Waals surface area contributed by atoms with Crippen molar-refractivity contribution in [3.05, 3.63) is 61.1 Å². The summed E-state index contributed by atoms with van der Waals surface area (Å²) in [6.45, 7) is 6.23. The highest BCUT2D eigenvalue weighted by Crippen LogP contribution is 2.33. The zero-order chi connectivity index (χ0) is 25.3. The molecule has 0 aliphatic carbocycles. The van der Waals surface area contributed by atoms with E-state index in [-0.39, 0.29) is 11.3 Å². The van der Waals surface area contributed by atoms with Crippen LogP contribution in [0.2, 0.25) is 0 Å². The van der Waals surface area contributed by atoms with Gasteiger partial charge in [-0.15, -0.1) is 11.3 Å². The molecule has 9 heteroatoms. The largest absolute Gasteiger partial charge is 0.295 e. The number of hydrogen-bond donors (Lipinski definition) is 2. The lowest BCUT2D eigenvalue weighted by Crippen LogP contribution is -2.19. The fraction of sp³-hybridized carbons (Fsp3) is 0.179. The molecule has 7 rings (SSSR count). The van der Waals surface area contributed by atoms with Gasteiger partial charge in [0.15, 0.2) is 11.3 Å². The molecular weight excluding hydrogens is 482 g/mol. The van der Waals surface area contributed by atoms with E-state index in [1.54, 1.807) is 34.5 Å². The van der Waals surface area contributed by atoms with Crippen molar-refractivity contribution >= 4 is 70.8 Å². The molecule has 0 fully saturated rings. The van der Waals surface area contributed by atoms with Crippen molar-refractivity contribution < 1.29 is 4.79 Å². The van der Waals surface area contributed by atoms with Crippen LogP contribution in [0.1, 0.15) is 32.0 Å². The molecule has 0 amide bonds. The molecule has 0 radical (unpaired) electrons. The predicted molar refractivity (Wildman–Crippen MR) is 149 cm³/mol. The van der Waals surface area contributed by atoms with Crippen LogP contribution >= 0.6 is 11.3 Å². The number of imidazole rings is 1. The molecule has 0 saturated carbocycles. The van der Waals surface area contributed by atoms with Crippen molar-refractivity contribution in [3.8, 4) is 11.3 Å². The van der Waals surface area contributed by atoms with Crippen LogP contribution in [0, 0.1) is 5.41 Å². The lowest BCUT2D eigenvalue weighted by Gasteiger charge is -2.18. The number of aromatic amines is 2. The molecule has 2 N–H and O–H groups in total. The Morgan fingerprint density at radius 1 is 1.00 bits per heavy atom. The number of aromatic nitrogens is 7. The Hall–Kier alpha value is -4.37. The Morgan fingerprint density at radius 2 is 1.86 bits per heavy atom. The summed E-state index contributed by atoms with van der Waals surface area (Å²) in [5.41, 5.74) is 5.18. The van der Waals surface area contributed by atoms with Crippen LogP contribution in [0.25, 0.3) is 64.8 Å². The van der Waals surface area contributed by atoms with Gasteiger partial charge in [0, 0.05) is 45.2 Å². The summed E-state index contributed by atoms with van der Waals surface area (Å²) < 4.78 is 2.81. The lowest BCUT2D eigenvalue weighted by molar-refractivity contribution is 0.0867. The minimum atomic E-state index is -0.164. The summed E-state index contributed by atoms with van der Waals surface area (Å²) in [7, 11) is 0. The van der Waals surface area contributed by atoms with E-state index in [1.165, 1.54) is 0 Å². The van der Waals surface area contributed by atoms with Gasteiger partial charge in [0.05, 0.1) is 22.7 Å². The highest BCUT2D eigenvalue weighted by molar-refractivity contribution is 7.24. The number of rotatable bonds is 1. The van der Waals surface area contributed by atoms with Crippen LogP contribution in [0.5, 0.6) is 0 Å². The predicted octanol–water partition coefficient (Wildman–Crippen LogP) is 6.86. The van der Waals surface area contributed by atoms with Gasteiger partial charge in [-0.1, -0.05) is 32.9 Å². The van der Waals surface area contributed by atoms with E-state index in [1.807, 2.05) is 24.3 Å².